The maximum atomic E-state index is 12.6. The Kier molecular flexibility index (Phi) is 5.21. The number of amides is 1. The summed E-state index contributed by atoms with van der Waals surface area (Å²) in [5.41, 5.74) is 5.37. The average molecular weight is 347 g/mol. The summed E-state index contributed by atoms with van der Waals surface area (Å²) >= 11 is 0. The topological polar surface area (TPSA) is 46.9 Å². The molecular formula is C22H25N3O. The first-order chi connectivity index (χ1) is 12.4. The van der Waals surface area contributed by atoms with Crippen molar-refractivity contribution in [3.05, 3.63) is 88.5 Å². The molecule has 4 nitrogen and oxygen atoms in total. The van der Waals surface area contributed by atoms with Crippen LogP contribution in [-0.4, -0.2) is 15.5 Å². The van der Waals surface area contributed by atoms with Gasteiger partial charge in [0.2, 0.25) is 0 Å². The van der Waals surface area contributed by atoms with Crippen LogP contribution in [0.1, 0.15) is 51.4 Å². The molecule has 0 saturated carbocycles. The Bertz CT molecular complexity index is 909. The third-order valence-electron chi connectivity index (χ3n) is 4.74. The molecule has 3 aromatic rings. The van der Waals surface area contributed by atoms with E-state index >= 15 is 0 Å². The van der Waals surface area contributed by atoms with Crippen molar-refractivity contribution in [2.75, 3.05) is 0 Å². The molecule has 0 fully saturated rings. The zero-order chi connectivity index (χ0) is 18.7. The lowest BCUT2D eigenvalue weighted by Crippen LogP contribution is -2.27. The number of benzene rings is 2. The number of imidazole rings is 1. The molecule has 2 aromatic carbocycles. The molecule has 1 amide bonds. The average Bonchev–Trinajstić information content (AvgIpc) is 3.02. The fourth-order valence-electron chi connectivity index (χ4n) is 3.11. The van der Waals surface area contributed by atoms with Gasteiger partial charge in [-0.25, -0.2) is 4.98 Å². The molecule has 4 heteroatoms. The molecular weight excluding hydrogens is 322 g/mol. The summed E-state index contributed by atoms with van der Waals surface area (Å²) in [5, 5.41) is 3.10. The van der Waals surface area contributed by atoms with Gasteiger partial charge in [0.15, 0.2) is 0 Å². The largest absolute Gasteiger partial charge is 0.346 e. The zero-order valence-electron chi connectivity index (χ0n) is 15.8. The highest BCUT2D eigenvalue weighted by atomic mass is 16.1. The lowest BCUT2D eigenvalue weighted by molar-refractivity contribution is 0.0940. The summed E-state index contributed by atoms with van der Waals surface area (Å²) < 4.78 is 2.08. The van der Waals surface area contributed by atoms with Gasteiger partial charge >= 0.3 is 0 Å². The third kappa shape index (κ3) is 4.02. The van der Waals surface area contributed by atoms with Gasteiger partial charge in [-0.05, 0) is 56.5 Å². The van der Waals surface area contributed by atoms with E-state index in [1.165, 1.54) is 11.1 Å². The maximum absolute atomic E-state index is 12.6. The van der Waals surface area contributed by atoms with Crippen LogP contribution in [0, 0.1) is 20.8 Å². The lowest BCUT2D eigenvalue weighted by Gasteiger charge is -2.17. The quantitative estimate of drug-likeness (QED) is 0.746. The van der Waals surface area contributed by atoms with E-state index in [1.54, 1.807) is 6.20 Å². The van der Waals surface area contributed by atoms with Gasteiger partial charge in [0, 0.05) is 24.5 Å². The van der Waals surface area contributed by atoms with E-state index in [0.717, 1.165) is 23.5 Å². The van der Waals surface area contributed by atoms with Gasteiger partial charge in [-0.15, -0.1) is 0 Å². The second-order valence-electron chi connectivity index (χ2n) is 6.85. The molecule has 0 bridgehead atoms. The summed E-state index contributed by atoms with van der Waals surface area (Å²) in [6.45, 7) is 8.90. The number of carbonyl (C=O) groups excluding carboxylic acids is 1. The van der Waals surface area contributed by atoms with Gasteiger partial charge < -0.3 is 9.88 Å². The van der Waals surface area contributed by atoms with E-state index in [4.69, 9.17) is 0 Å². The van der Waals surface area contributed by atoms with Crippen LogP contribution in [0.15, 0.2) is 54.9 Å². The standard InChI is InChI=1S/C22H25N3O/c1-15-5-6-16(2)21(13-15)17(3)24-22(26)20-9-7-19(8-10-20)14-25-12-11-23-18(25)4/h5-13,17H,14H2,1-4H3,(H,24,26). The minimum absolute atomic E-state index is 0.0318. The molecule has 3 rings (SSSR count). The van der Waals surface area contributed by atoms with E-state index in [0.29, 0.717) is 5.56 Å². The minimum atomic E-state index is -0.0521. The molecule has 0 aliphatic carbocycles. The lowest BCUT2D eigenvalue weighted by atomic mass is 9.99. The second-order valence-corrected chi connectivity index (χ2v) is 6.85. The Morgan fingerprint density at radius 2 is 1.85 bits per heavy atom. The fraction of sp³-hybridized carbons (Fsp3) is 0.273. The maximum Gasteiger partial charge on any atom is 0.251 e. The first-order valence-corrected chi connectivity index (χ1v) is 8.88. The second kappa shape index (κ2) is 7.56. The van der Waals surface area contributed by atoms with Crippen LogP contribution in [0.3, 0.4) is 0 Å². The molecule has 0 spiro atoms. The molecule has 1 unspecified atom stereocenters. The molecule has 134 valence electrons. The van der Waals surface area contributed by atoms with E-state index in [-0.39, 0.29) is 11.9 Å². The van der Waals surface area contributed by atoms with Crippen LogP contribution in [0.2, 0.25) is 0 Å². The molecule has 0 aliphatic rings. The van der Waals surface area contributed by atoms with Crippen LogP contribution in [-0.2, 0) is 6.54 Å². The fourth-order valence-corrected chi connectivity index (χ4v) is 3.11. The van der Waals surface area contributed by atoms with Gasteiger partial charge in [0.05, 0.1) is 6.04 Å². The number of nitrogens with zero attached hydrogens (tertiary/aromatic N) is 2. The zero-order valence-corrected chi connectivity index (χ0v) is 15.8. The van der Waals surface area contributed by atoms with Crippen molar-refractivity contribution in [1.29, 1.82) is 0 Å². The van der Waals surface area contributed by atoms with Crippen molar-refractivity contribution >= 4 is 5.91 Å². The van der Waals surface area contributed by atoms with E-state index in [9.17, 15) is 4.79 Å². The van der Waals surface area contributed by atoms with E-state index < -0.39 is 0 Å². The predicted molar refractivity (Wildman–Crippen MR) is 104 cm³/mol. The van der Waals surface area contributed by atoms with Crippen molar-refractivity contribution < 1.29 is 4.79 Å². The highest BCUT2D eigenvalue weighted by Crippen LogP contribution is 2.19. The number of aryl methyl sites for hydroxylation is 3. The van der Waals surface area contributed by atoms with Crippen molar-refractivity contribution in [1.82, 2.24) is 14.9 Å². The monoisotopic (exact) mass is 347 g/mol. The summed E-state index contributed by atoms with van der Waals surface area (Å²) in [5.74, 6) is 0.929. The molecule has 0 aliphatic heterocycles. The van der Waals surface area contributed by atoms with Crippen molar-refractivity contribution in [2.45, 2.75) is 40.3 Å². The van der Waals surface area contributed by atoms with Gasteiger partial charge in [-0.3, -0.25) is 4.79 Å². The Hall–Kier alpha value is -2.88. The Morgan fingerprint density at radius 3 is 2.50 bits per heavy atom. The smallest absolute Gasteiger partial charge is 0.251 e. The minimum Gasteiger partial charge on any atom is -0.346 e. The van der Waals surface area contributed by atoms with Crippen molar-refractivity contribution in [3.8, 4) is 0 Å². The molecule has 1 atom stereocenters. The van der Waals surface area contributed by atoms with Crippen LogP contribution in [0.4, 0.5) is 0 Å². The van der Waals surface area contributed by atoms with Crippen molar-refractivity contribution in [2.24, 2.45) is 0 Å². The summed E-state index contributed by atoms with van der Waals surface area (Å²) in [7, 11) is 0. The molecule has 0 radical (unpaired) electrons. The highest BCUT2D eigenvalue weighted by molar-refractivity contribution is 5.94. The van der Waals surface area contributed by atoms with Gasteiger partial charge in [-0.1, -0.05) is 35.9 Å². The Labute approximate surface area is 154 Å². The summed E-state index contributed by atoms with van der Waals surface area (Å²) in [6.07, 6.45) is 3.76. The van der Waals surface area contributed by atoms with E-state index in [1.807, 2.05) is 44.3 Å². The number of rotatable bonds is 5. The number of carbonyl (C=O) groups is 1. The number of aromatic nitrogens is 2. The highest BCUT2D eigenvalue weighted by Gasteiger charge is 2.13. The molecule has 1 aromatic heterocycles. The van der Waals surface area contributed by atoms with Crippen LogP contribution in [0.5, 0.6) is 0 Å². The first-order valence-electron chi connectivity index (χ1n) is 8.88. The van der Waals surface area contributed by atoms with E-state index in [2.05, 4.69) is 46.9 Å². The Morgan fingerprint density at radius 1 is 1.12 bits per heavy atom. The SMILES string of the molecule is Cc1ccc(C)c(C(C)NC(=O)c2ccc(Cn3ccnc3C)cc2)c1. The summed E-state index contributed by atoms with van der Waals surface area (Å²) in [4.78, 5) is 16.8. The van der Waals surface area contributed by atoms with Gasteiger partial charge in [0.25, 0.3) is 5.91 Å². The van der Waals surface area contributed by atoms with Crippen LogP contribution < -0.4 is 5.32 Å². The van der Waals surface area contributed by atoms with Gasteiger partial charge in [-0.2, -0.15) is 0 Å². The first kappa shape index (κ1) is 17.9. The molecule has 1 N–H and O–H groups in total. The van der Waals surface area contributed by atoms with Crippen LogP contribution in [0.25, 0.3) is 0 Å². The predicted octanol–water partition coefficient (Wildman–Crippen LogP) is 4.35. The van der Waals surface area contributed by atoms with Gasteiger partial charge in [0.1, 0.15) is 5.82 Å². The molecule has 0 saturated heterocycles. The number of nitrogens with one attached hydrogen (secondary N) is 1. The molecule has 1 heterocycles. The normalized spacial score (nSPS) is 12.0. The van der Waals surface area contributed by atoms with Crippen molar-refractivity contribution in [3.63, 3.8) is 0 Å². The Balaban J connectivity index is 1.68. The summed E-state index contributed by atoms with van der Waals surface area (Å²) in [6, 6.07) is 14.1. The van der Waals surface area contributed by atoms with Crippen LogP contribution >= 0.6 is 0 Å². The number of hydrogen-bond acceptors (Lipinski definition) is 2. The molecule has 26 heavy (non-hydrogen) atoms. The third-order valence-corrected chi connectivity index (χ3v) is 4.74. The number of hydrogen-bond donors (Lipinski definition) is 1.